The summed E-state index contributed by atoms with van der Waals surface area (Å²) in [5, 5.41) is 2.92. The number of carbonyl (C=O) groups is 1. The zero-order valence-electron chi connectivity index (χ0n) is 11.5. The molecule has 0 spiro atoms. The highest BCUT2D eigenvalue weighted by atomic mass is 127. The zero-order chi connectivity index (χ0) is 14.7. The standard InChI is InChI=1S/C14H17ClIN3O/c1-3-6-17-14(20)9(2)19-12-5-4-10(16)7-11(12)18-13(19)8-15/h4-5,7,9H,3,6,8H2,1-2H3,(H,17,20). The second-order valence-electron chi connectivity index (χ2n) is 4.63. The molecule has 4 nitrogen and oxygen atoms in total. The third-order valence-corrected chi connectivity index (χ3v) is 4.07. The maximum absolute atomic E-state index is 12.2. The lowest BCUT2D eigenvalue weighted by atomic mass is 10.2. The smallest absolute Gasteiger partial charge is 0.242 e. The molecule has 1 amide bonds. The Bertz CT molecular complexity index is 626. The molecule has 0 bridgehead atoms. The van der Waals surface area contributed by atoms with Crippen molar-refractivity contribution in [3.8, 4) is 0 Å². The molecule has 1 heterocycles. The monoisotopic (exact) mass is 405 g/mol. The minimum absolute atomic E-state index is 0.00364. The highest BCUT2D eigenvalue weighted by Gasteiger charge is 2.20. The zero-order valence-corrected chi connectivity index (χ0v) is 14.4. The molecule has 1 N–H and O–H groups in total. The number of alkyl halides is 1. The Morgan fingerprint density at radius 2 is 2.30 bits per heavy atom. The number of imidazole rings is 1. The van der Waals surface area contributed by atoms with Gasteiger partial charge in [0.05, 0.1) is 16.9 Å². The van der Waals surface area contributed by atoms with Crippen LogP contribution in [0.15, 0.2) is 18.2 Å². The van der Waals surface area contributed by atoms with Gasteiger partial charge < -0.3 is 9.88 Å². The predicted octanol–water partition coefficient (Wildman–Crippen LogP) is 3.47. The molecular formula is C14H17ClIN3O. The SMILES string of the molecule is CCCNC(=O)C(C)n1c(CCl)nc2cc(I)ccc21. The van der Waals surface area contributed by atoms with Crippen molar-refractivity contribution in [3.63, 3.8) is 0 Å². The highest BCUT2D eigenvalue weighted by molar-refractivity contribution is 14.1. The fourth-order valence-electron chi connectivity index (χ4n) is 2.16. The normalized spacial score (nSPS) is 12.6. The van der Waals surface area contributed by atoms with E-state index in [-0.39, 0.29) is 17.8 Å². The van der Waals surface area contributed by atoms with Crippen molar-refractivity contribution < 1.29 is 4.79 Å². The maximum Gasteiger partial charge on any atom is 0.242 e. The molecule has 0 aliphatic carbocycles. The predicted molar refractivity (Wildman–Crippen MR) is 90.0 cm³/mol. The molecule has 108 valence electrons. The van der Waals surface area contributed by atoms with Gasteiger partial charge in [-0.3, -0.25) is 4.79 Å². The number of hydrogen-bond donors (Lipinski definition) is 1. The summed E-state index contributed by atoms with van der Waals surface area (Å²) in [6.45, 7) is 4.59. The van der Waals surface area contributed by atoms with E-state index in [9.17, 15) is 4.79 Å². The van der Waals surface area contributed by atoms with Gasteiger partial charge in [-0.2, -0.15) is 0 Å². The summed E-state index contributed by atoms with van der Waals surface area (Å²) in [7, 11) is 0. The molecule has 1 atom stereocenters. The molecule has 2 aromatic rings. The highest BCUT2D eigenvalue weighted by Crippen LogP contribution is 2.24. The van der Waals surface area contributed by atoms with Crippen molar-refractivity contribution in [2.24, 2.45) is 0 Å². The Morgan fingerprint density at radius 3 is 2.95 bits per heavy atom. The van der Waals surface area contributed by atoms with E-state index in [1.165, 1.54) is 0 Å². The quantitative estimate of drug-likeness (QED) is 0.612. The molecule has 0 saturated heterocycles. The Hall–Kier alpha value is -0.820. The molecule has 1 unspecified atom stereocenters. The first kappa shape index (κ1) is 15.6. The topological polar surface area (TPSA) is 46.9 Å². The molecule has 1 aromatic heterocycles. The van der Waals surface area contributed by atoms with Crippen molar-refractivity contribution in [1.82, 2.24) is 14.9 Å². The summed E-state index contributed by atoms with van der Waals surface area (Å²) < 4.78 is 3.03. The molecule has 20 heavy (non-hydrogen) atoms. The lowest BCUT2D eigenvalue weighted by molar-refractivity contribution is -0.123. The van der Waals surface area contributed by atoms with Crippen LogP contribution >= 0.6 is 34.2 Å². The van der Waals surface area contributed by atoms with E-state index >= 15 is 0 Å². The van der Waals surface area contributed by atoms with E-state index in [0.717, 1.165) is 26.8 Å². The van der Waals surface area contributed by atoms with Crippen LogP contribution in [0.4, 0.5) is 0 Å². The Balaban J connectivity index is 2.43. The molecule has 1 aromatic carbocycles. The molecule has 0 aliphatic rings. The van der Waals surface area contributed by atoms with E-state index in [4.69, 9.17) is 11.6 Å². The molecule has 0 saturated carbocycles. The summed E-state index contributed by atoms with van der Waals surface area (Å²) in [5.41, 5.74) is 1.82. The minimum atomic E-state index is -0.319. The van der Waals surface area contributed by atoms with Crippen LogP contribution in [0.5, 0.6) is 0 Å². The van der Waals surface area contributed by atoms with Crippen molar-refractivity contribution in [3.05, 3.63) is 27.6 Å². The van der Waals surface area contributed by atoms with Crippen molar-refractivity contribution in [2.45, 2.75) is 32.2 Å². The summed E-state index contributed by atoms with van der Waals surface area (Å²) in [5.74, 6) is 1.01. The van der Waals surface area contributed by atoms with Crippen LogP contribution in [0, 0.1) is 3.57 Å². The molecule has 0 aliphatic heterocycles. The first-order valence-corrected chi connectivity index (χ1v) is 8.19. The molecule has 2 rings (SSSR count). The summed E-state index contributed by atoms with van der Waals surface area (Å²) in [6, 6.07) is 5.68. The van der Waals surface area contributed by atoms with Crippen LogP contribution in [-0.2, 0) is 10.7 Å². The lowest BCUT2D eigenvalue weighted by Crippen LogP contribution is -2.32. The van der Waals surface area contributed by atoms with Crippen molar-refractivity contribution in [2.75, 3.05) is 6.54 Å². The van der Waals surface area contributed by atoms with Gasteiger partial charge in [0.1, 0.15) is 11.9 Å². The van der Waals surface area contributed by atoms with Gasteiger partial charge in [0, 0.05) is 10.1 Å². The first-order valence-electron chi connectivity index (χ1n) is 6.58. The fraction of sp³-hybridized carbons (Fsp3) is 0.429. The number of nitrogens with zero attached hydrogens (tertiary/aromatic N) is 2. The fourth-order valence-corrected chi connectivity index (χ4v) is 2.82. The van der Waals surface area contributed by atoms with Crippen LogP contribution in [0.2, 0.25) is 0 Å². The van der Waals surface area contributed by atoms with Gasteiger partial charge in [0.15, 0.2) is 0 Å². The van der Waals surface area contributed by atoms with E-state index < -0.39 is 0 Å². The number of hydrogen-bond acceptors (Lipinski definition) is 2. The van der Waals surface area contributed by atoms with Crippen LogP contribution < -0.4 is 5.32 Å². The Kier molecular flexibility index (Phi) is 5.26. The van der Waals surface area contributed by atoms with Gasteiger partial charge in [0.25, 0.3) is 0 Å². The van der Waals surface area contributed by atoms with Crippen LogP contribution in [0.25, 0.3) is 11.0 Å². The molecular weight excluding hydrogens is 389 g/mol. The number of aromatic nitrogens is 2. The maximum atomic E-state index is 12.2. The average Bonchev–Trinajstić information content (AvgIpc) is 2.81. The van der Waals surface area contributed by atoms with Gasteiger partial charge in [-0.25, -0.2) is 4.98 Å². The van der Waals surface area contributed by atoms with E-state index in [1.807, 2.05) is 36.6 Å². The number of halogens is 2. The molecule has 6 heteroatoms. The van der Waals surface area contributed by atoms with Crippen LogP contribution in [-0.4, -0.2) is 22.0 Å². The van der Waals surface area contributed by atoms with E-state index in [0.29, 0.717) is 6.54 Å². The number of amides is 1. The van der Waals surface area contributed by atoms with Gasteiger partial charge >= 0.3 is 0 Å². The van der Waals surface area contributed by atoms with Crippen LogP contribution in [0.1, 0.15) is 32.1 Å². The third kappa shape index (κ3) is 3.09. The number of benzene rings is 1. The summed E-state index contributed by atoms with van der Waals surface area (Å²) in [4.78, 5) is 16.7. The minimum Gasteiger partial charge on any atom is -0.354 e. The van der Waals surface area contributed by atoms with Crippen LogP contribution in [0.3, 0.4) is 0 Å². The number of fused-ring (bicyclic) bond motifs is 1. The molecule has 0 radical (unpaired) electrons. The number of rotatable bonds is 5. The number of carbonyl (C=O) groups excluding carboxylic acids is 1. The second-order valence-corrected chi connectivity index (χ2v) is 6.14. The van der Waals surface area contributed by atoms with E-state index in [1.54, 1.807) is 0 Å². The third-order valence-electron chi connectivity index (χ3n) is 3.16. The van der Waals surface area contributed by atoms with Crippen molar-refractivity contribution >= 4 is 51.1 Å². The lowest BCUT2D eigenvalue weighted by Gasteiger charge is -2.16. The van der Waals surface area contributed by atoms with Gasteiger partial charge in [0.2, 0.25) is 5.91 Å². The Labute approximate surface area is 137 Å². The Morgan fingerprint density at radius 1 is 1.55 bits per heavy atom. The first-order chi connectivity index (χ1) is 9.58. The van der Waals surface area contributed by atoms with Crippen molar-refractivity contribution in [1.29, 1.82) is 0 Å². The van der Waals surface area contributed by atoms with Gasteiger partial charge in [-0.05, 0) is 54.1 Å². The second kappa shape index (κ2) is 6.76. The van der Waals surface area contributed by atoms with E-state index in [2.05, 4.69) is 32.9 Å². The van der Waals surface area contributed by atoms with Gasteiger partial charge in [-0.15, -0.1) is 11.6 Å². The number of nitrogens with one attached hydrogen (secondary N) is 1. The van der Waals surface area contributed by atoms with Gasteiger partial charge in [-0.1, -0.05) is 6.92 Å². The largest absolute Gasteiger partial charge is 0.354 e. The summed E-state index contributed by atoms with van der Waals surface area (Å²) >= 11 is 8.23. The average molecular weight is 406 g/mol. The summed E-state index contributed by atoms with van der Waals surface area (Å²) in [6.07, 6.45) is 0.920. The molecule has 0 fully saturated rings.